The summed E-state index contributed by atoms with van der Waals surface area (Å²) in [5.74, 6) is 0.603. The maximum Gasteiger partial charge on any atom is 0.213 e. The minimum absolute atomic E-state index is 0.603. The number of anilines is 1. The smallest absolute Gasteiger partial charge is 0.213 e. The van der Waals surface area contributed by atoms with E-state index in [2.05, 4.69) is 4.98 Å². The van der Waals surface area contributed by atoms with Gasteiger partial charge in [0, 0.05) is 6.07 Å². The van der Waals surface area contributed by atoms with Gasteiger partial charge in [-0.15, -0.1) is 0 Å². The normalized spacial score (nSPS) is 7.57. The van der Waals surface area contributed by atoms with Crippen molar-refractivity contribution in [1.82, 2.24) is 4.98 Å². The van der Waals surface area contributed by atoms with Gasteiger partial charge in [-0.25, -0.2) is 4.98 Å². The van der Waals surface area contributed by atoms with Crippen LogP contribution in [-0.4, -0.2) is 12.1 Å². The summed E-state index contributed by atoms with van der Waals surface area (Å²) in [6, 6.07) is 3.52. The largest absolute Gasteiger partial charge is 0.481 e. The van der Waals surface area contributed by atoms with Crippen LogP contribution in [0.4, 0.5) is 5.69 Å². The molecule has 1 aromatic rings. The zero-order chi connectivity index (χ0) is 11.6. The van der Waals surface area contributed by atoms with Crippen LogP contribution in [-0.2, 0) is 0 Å². The summed E-state index contributed by atoms with van der Waals surface area (Å²) in [5.41, 5.74) is 7.03. The number of nitrogens with two attached hydrogens (primary N) is 1. The molecule has 3 heteroatoms. The lowest BCUT2D eigenvalue weighted by Gasteiger charge is -2.00. The summed E-state index contributed by atoms with van der Waals surface area (Å²) in [6.45, 7) is 9.85. The first kappa shape index (κ1) is 15.2. The Morgan fingerprint density at radius 1 is 1.14 bits per heavy atom. The summed E-state index contributed by atoms with van der Waals surface area (Å²) in [7, 11) is 1.58. The first-order valence-electron chi connectivity index (χ1n) is 5.01. The van der Waals surface area contributed by atoms with Crippen LogP contribution in [0.3, 0.4) is 0 Å². The molecule has 0 aliphatic heterocycles. The van der Waals surface area contributed by atoms with Crippen LogP contribution in [0.5, 0.6) is 5.88 Å². The molecule has 0 unspecified atom stereocenters. The molecule has 0 amide bonds. The maximum atomic E-state index is 5.53. The molecule has 1 rings (SSSR count). The average Bonchev–Trinajstić information content (AvgIpc) is 2.28. The fraction of sp³-hybridized carbons (Fsp3) is 0.545. The number of aryl methyl sites for hydroxylation is 1. The van der Waals surface area contributed by atoms with Gasteiger partial charge >= 0.3 is 0 Å². The van der Waals surface area contributed by atoms with E-state index in [4.69, 9.17) is 10.5 Å². The maximum absolute atomic E-state index is 5.53. The van der Waals surface area contributed by atoms with E-state index in [1.165, 1.54) is 0 Å². The second-order valence-corrected chi connectivity index (χ2v) is 2.03. The van der Waals surface area contributed by atoms with Crippen molar-refractivity contribution in [1.29, 1.82) is 0 Å². The Kier molecular flexibility index (Phi) is 10.7. The molecular formula is C11H22N2O. The third kappa shape index (κ3) is 5.41. The zero-order valence-corrected chi connectivity index (χ0v) is 10.1. The van der Waals surface area contributed by atoms with Crippen molar-refractivity contribution in [2.45, 2.75) is 34.6 Å². The molecule has 0 radical (unpaired) electrons. The molecule has 82 valence electrons. The number of pyridine rings is 1. The Hall–Kier alpha value is -1.25. The van der Waals surface area contributed by atoms with Gasteiger partial charge < -0.3 is 10.5 Å². The highest BCUT2D eigenvalue weighted by molar-refractivity contribution is 5.43. The van der Waals surface area contributed by atoms with Crippen LogP contribution >= 0.6 is 0 Å². The van der Waals surface area contributed by atoms with Gasteiger partial charge in [-0.05, 0) is 13.0 Å². The first-order valence-corrected chi connectivity index (χ1v) is 5.01. The molecule has 14 heavy (non-hydrogen) atoms. The van der Waals surface area contributed by atoms with Crippen LogP contribution in [0, 0.1) is 6.92 Å². The predicted octanol–water partition coefficient (Wildman–Crippen LogP) is 3.03. The lowest BCUT2D eigenvalue weighted by atomic mass is 10.3. The molecule has 3 nitrogen and oxygen atoms in total. The SMILES string of the molecule is CC.CC.COc1ccc(N)c(C)n1. The van der Waals surface area contributed by atoms with Gasteiger partial charge in [0.2, 0.25) is 5.88 Å². The molecule has 2 N–H and O–H groups in total. The third-order valence-electron chi connectivity index (χ3n) is 1.31. The Morgan fingerprint density at radius 2 is 1.64 bits per heavy atom. The number of rotatable bonds is 1. The van der Waals surface area contributed by atoms with E-state index in [1.807, 2.05) is 34.6 Å². The van der Waals surface area contributed by atoms with Crippen LogP contribution in [0.15, 0.2) is 12.1 Å². The summed E-state index contributed by atoms with van der Waals surface area (Å²) in [5, 5.41) is 0. The van der Waals surface area contributed by atoms with Crippen molar-refractivity contribution in [3.63, 3.8) is 0 Å². The van der Waals surface area contributed by atoms with Crippen molar-refractivity contribution in [2.75, 3.05) is 12.8 Å². The molecule has 0 bridgehead atoms. The number of hydrogen-bond donors (Lipinski definition) is 1. The van der Waals surface area contributed by atoms with Crippen molar-refractivity contribution in [3.05, 3.63) is 17.8 Å². The monoisotopic (exact) mass is 198 g/mol. The molecule has 0 saturated heterocycles. The molecule has 1 heterocycles. The van der Waals surface area contributed by atoms with E-state index in [0.717, 1.165) is 5.69 Å². The van der Waals surface area contributed by atoms with Crippen molar-refractivity contribution >= 4 is 5.69 Å². The number of aromatic nitrogens is 1. The van der Waals surface area contributed by atoms with E-state index in [-0.39, 0.29) is 0 Å². The molecule has 0 aliphatic carbocycles. The van der Waals surface area contributed by atoms with Gasteiger partial charge in [0.15, 0.2) is 0 Å². The lowest BCUT2D eigenvalue weighted by molar-refractivity contribution is 0.397. The van der Waals surface area contributed by atoms with E-state index < -0.39 is 0 Å². The van der Waals surface area contributed by atoms with Crippen LogP contribution in [0.1, 0.15) is 33.4 Å². The standard InChI is InChI=1S/C7H10N2O.2C2H6/c1-5-6(8)3-4-7(9-5)10-2;2*1-2/h3-4H,8H2,1-2H3;2*1-2H3. The van der Waals surface area contributed by atoms with Gasteiger partial charge in [-0.1, -0.05) is 27.7 Å². The zero-order valence-electron chi connectivity index (χ0n) is 10.1. The van der Waals surface area contributed by atoms with Crippen molar-refractivity contribution in [2.24, 2.45) is 0 Å². The summed E-state index contributed by atoms with van der Waals surface area (Å²) in [4.78, 5) is 4.04. The summed E-state index contributed by atoms with van der Waals surface area (Å²) >= 11 is 0. The lowest BCUT2D eigenvalue weighted by Crippen LogP contribution is -1.94. The number of ether oxygens (including phenoxy) is 1. The number of hydrogen-bond acceptors (Lipinski definition) is 3. The molecule has 0 aromatic carbocycles. The number of nitrogens with zero attached hydrogens (tertiary/aromatic N) is 1. The van der Waals surface area contributed by atoms with Crippen LogP contribution in [0.25, 0.3) is 0 Å². The number of nitrogen functional groups attached to an aromatic ring is 1. The molecule has 0 aliphatic rings. The average molecular weight is 198 g/mol. The highest BCUT2D eigenvalue weighted by Gasteiger charge is 1.95. The van der Waals surface area contributed by atoms with Gasteiger partial charge in [-0.2, -0.15) is 0 Å². The molecule has 1 aromatic heterocycles. The molecule has 0 fully saturated rings. The van der Waals surface area contributed by atoms with Gasteiger partial charge in [0.25, 0.3) is 0 Å². The Balaban J connectivity index is 0. The topological polar surface area (TPSA) is 48.1 Å². The van der Waals surface area contributed by atoms with Gasteiger partial charge in [0.05, 0.1) is 18.5 Å². The quantitative estimate of drug-likeness (QED) is 0.754. The van der Waals surface area contributed by atoms with E-state index in [9.17, 15) is 0 Å². The summed E-state index contributed by atoms with van der Waals surface area (Å²) in [6.07, 6.45) is 0. The molecule has 0 saturated carbocycles. The van der Waals surface area contributed by atoms with Gasteiger partial charge in [0.1, 0.15) is 0 Å². The Labute approximate surface area is 87.3 Å². The van der Waals surface area contributed by atoms with E-state index in [0.29, 0.717) is 11.6 Å². The highest BCUT2D eigenvalue weighted by atomic mass is 16.5. The molecular weight excluding hydrogens is 176 g/mol. The third-order valence-corrected chi connectivity index (χ3v) is 1.31. The van der Waals surface area contributed by atoms with E-state index in [1.54, 1.807) is 19.2 Å². The van der Waals surface area contributed by atoms with Crippen molar-refractivity contribution < 1.29 is 4.74 Å². The highest BCUT2D eigenvalue weighted by Crippen LogP contribution is 2.12. The Bertz CT molecular complexity index is 237. The predicted molar refractivity (Wildman–Crippen MR) is 62.6 cm³/mol. The van der Waals surface area contributed by atoms with Crippen molar-refractivity contribution in [3.8, 4) is 5.88 Å². The Morgan fingerprint density at radius 3 is 2.00 bits per heavy atom. The van der Waals surface area contributed by atoms with E-state index >= 15 is 0 Å². The molecule has 0 spiro atoms. The summed E-state index contributed by atoms with van der Waals surface area (Å²) < 4.78 is 4.88. The minimum atomic E-state index is 0.603. The fourth-order valence-corrected chi connectivity index (χ4v) is 0.662. The second kappa shape index (κ2) is 9.84. The molecule has 0 atom stereocenters. The van der Waals surface area contributed by atoms with Gasteiger partial charge in [-0.3, -0.25) is 0 Å². The second-order valence-electron chi connectivity index (χ2n) is 2.03. The van der Waals surface area contributed by atoms with Crippen LogP contribution in [0.2, 0.25) is 0 Å². The first-order chi connectivity index (χ1) is 6.74. The minimum Gasteiger partial charge on any atom is -0.481 e. The fourth-order valence-electron chi connectivity index (χ4n) is 0.662. The van der Waals surface area contributed by atoms with Crippen LogP contribution < -0.4 is 10.5 Å². The number of methoxy groups -OCH3 is 1.